The number of nitrogens with one attached hydrogen (secondary N) is 1. The minimum Gasteiger partial charge on any atom is -0.394 e. The highest BCUT2D eigenvalue weighted by atomic mass is 16.5. The molecule has 2 N–H and O–H groups in total. The first-order valence-corrected chi connectivity index (χ1v) is 5.78. The van der Waals surface area contributed by atoms with E-state index in [1.54, 1.807) is 0 Å². The maximum atomic E-state index is 9.65. The lowest BCUT2D eigenvalue weighted by Crippen LogP contribution is -2.48. The highest BCUT2D eigenvalue weighted by Crippen LogP contribution is 2.23. The molecule has 1 fully saturated rings. The summed E-state index contributed by atoms with van der Waals surface area (Å²) in [7, 11) is 0. The van der Waals surface area contributed by atoms with E-state index in [1.165, 1.54) is 5.56 Å². The van der Waals surface area contributed by atoms with Gasteiger partial charge < -0.3 is 15.2 Å². The summed E-state index contributed by atoms with van der Waals surface area (Å²) in [6.07, 6.45) is 0.994. The molecule has 1 heterocycles. The van der Waals surface area contributed by atoms with Crippen LogP contribution >= 0.6 is 0 Å². The molecule has 1 aliphatic rings. The summed E-state index contributed by atoms with van der Waals surface area (Å²) in [4.78, 5) is 0. The zero-order valence-corrected chi connectivity index (χ0v) is 9.70. The summed E-state index contributed by atoms with van der Waals surface area (Å²) in [5, 5.41) is 13.1. The molecule has 3 nitrogen and oxygen atoms in total. The van der Waals surface area contributed by atoms with Gasteiger partial charge in [-0.2, -0.15) is 0 Å². The molecule has 0 aliphatic carbocycles. The van der Waals surface area contributed by atoms with Crippen molar-refractivity contribution in [3.05, 3.63) is 35.4 Å². The minimum absolute atomic E-state index is 0.0655. The van der Waals surface area contributed by atoms with Crippen molar-refractivity contribution in [3.8, 4) is 0 Å². The molecule has 1 aliphatic heterocycles. The van der Waals surface area contributed by atoms with Gasteiger partial charge in [0.2, 0.25) is 0 Å². The zero-order valence-electron chi connectivity index (χ0n) is 9.70. The van der Waals surface area contributed by atoms with Crippen molar-refractivity contribution in [2.75, 3.05) is 26.4 Å². The van der Waals surface area contributed by atoms with E-state index in [0.717, 1.165) is 25.1 Å². The van der Waals surface area contributed by atoms with Crippen LogP contribution in [-0.2, 0) is 10.3 Å². The molecule has 0 aromatic heterocycles. The lowest BCUT2D eigenvalue weighted by Gasteiger charge is -2.31. The van der Waals surface area contributed by atoms with Crippen LogP contribution < -0.4 is 5.32 Å². The number of benzene rings is 1. The van der Waals surface area contributed by atoms with E-state index in [4.69, 9.17) is 4.74 Å². The number of aryl methyl sites for hydroxylation is 1. The third kappa shape index (κ3) is 2.26. The fraction of sp³-hybridized carbons (Fsp3) is 0.538. The molecule has 88 valence electrons. The maximum Gasteiger partial charge on any atom is 0.0905 e. The van der Waals surface area contributed by atoms with E-state index in [2.05, 4.69) is 36.5 Å². The number of aliphatic hydroxyl groups excluding tert-OH is 1. The molecule has 1 saturated heterocycles. The molecule has 0 amide bonds. The van der Waals surface area contributed by atoms with E-state index < -0.39 is 5.54 Å². The molecule has 1 atom stereocenters. The molecule has 1 unspecified atom stereocenters. The minimum atomic E-state index is -0.426. The normalized spacial score (nSPS) is 26.4. The molecule has 3 heteroatoms. The summed E-state index contributed by atoms with van der Waals surface area (Å²) in [5.41, 5.74) is 1.90. The monoisotopic (exact) mass is 221 g/mol. The Kier molecular flexibility index (Phi) is 3.59. The van der Waals surface area contributed by atoms with Gasteiger partial charge in [-0.3, -0.25) is 0 Å². The summed E-state index contributed by atoms with van der Waals surface area (Å²) in [5.74, 6) is 0. The van der Waals surface area contributed by atoms with E-state index in [-0.39, 0.29) is 6.61 Å². The molecule has 0 radical (unpaired) electrons. The molecular formula is C13H19NO2. The van der Waals surface area contributed by atoms with Gasteiger partial charge in [-0.15, -0.1) is 0 Å². The standard InChI is InChI=1S/C13H19NO2/c1-11-3-5-12(6-4-11)13(9-15)10-16-8-2-7-14-13/h3-6,14-15H,2,7-10H2,1H3. The second kappa shape index (κ2) is 4.95. The molecule has 0 spiro atoms. The Labute approximate surface area is 96.4 Å². The Morgan fingerprint density at radius 2 is 2.12 bits per heavy atom. The first-order chi connectivity index (χ1) is 7.77. The van der Waals surface area contributed by atoms with Crippen LogP contribution in [0.5, 0.6) is 0 Å². The van der Waals surface area contributed by atoms with Crippen LogP contribution in [-0.4, -0.2) is 31.5 Å². The van der Waals surface area contributed by atoms with Crippen LogP contribution in [0.15, 0.2) is 24.3 Å². The quantitative estimate of drug-likeness (QED) is 0.788. The Hall–Kier alpha value is -0.900. The number of ether oxygens (including phenoxy) is 1. The summed E-state index contributed by atoms with van der Waals surface area (Å²) >= 11 is 0. The SMILES string of the molecule is Cc1ccc(C2(CO)COCCCN2)cc1. The van der Waals surface area contributed by atoms with Crippen LogP contribution in [0.1, 0.15) is 17.5 Å². The van der Waals surface area contributed by atoms with Crippen LogP contribution in [0, 0.1) is 6.92 Å². The van der Waals surface area contributed by atoms with Crippen LogP contribution in [0.2, 0.25) is 0 Å². The van der Waals surface area contributed by atoms with Gasteiger partial charge in [0.1, 0.15) is 0 Å². The molecule has 1 aromatic carbocycles. The lowest BCUT2D eigenvalue weighted by molar-refractivity contribution is 0.0551. The lowest BCUT2D eigenvalue weighted by atomic mass is 9.91. The first-order valence-electron chi connectivity index (χ1n) is 5.78. The number of rotatable bonds is 2. The Morgan fingerprint density at radius 3 is 2.81 bits per heavy atom. The van der Waals surface area contributed by atoms with E-state index >= 15 is 0 Å². The van der Waals surface area contributed by atoms with Crippen molar-refractivity contribution in [2.45, 2.75) is 18.9 Å². The van der Waals surface area contributed by atoms with Gasteiger partial charge in [-0.05, 0) is 25.5 Å². The number of hydrogen-bond donors (Lipinski definition) is 2. The molecule has 1 aromatic rings. The summed E-state index contributed by atoms with van der Waals surface area (Å²) in [6.45, 7) is 4.31. The van der Waals surface area contributed by atoms with Crippen molar-refractivity contribution < 1.29 is 9.84 Å². The van der Waals surface area contributed by atoms with Gasteiger partial charge in [-0.25, -0.2) is 0 Å². The highest BCUT2D eigenvalue weighted by Gasteiger charge is 2.32. The molecule has 0 saturated carbocycles. The van der Waals surface area contributed by atoms with Gasteiger partial charge in [0, 0.05) is 6.61 Å². The Morgan fingerprint density at radius 1 is 1.38 bits per heavy atom. The fourth-order valence-corrected chi connectivity index (χ4v) is 2.05. The predicted octanol–water partition coefficient (Wildman–Crippen LogP) is 1.19. The summed E-state index contributed by atoms with van der Waals surface area (Å²) < 4.78 is 5.56. The topological polar surface area (TPSA) is 41.5 Å². The Balaban J connectivity index is 2.28. The van der Waals surface area contributed by atoms with Crippen LogP contribution in [0.4, 0.5) is 0 Å². The number of hydrogen-bond acceptors (Lipinski definition) is 3. The first kappa shape index (κ1) is 11.6. The van der Waals surface area contributed by atoms with Crippen molar-refractivity contribution in [2.24, 2.45) is 0 Å². The average Bonchev–Trinajstić information content (AvgIpc) is 2.56. The number of aliphatic hydroxyl groups is 1. The van der Waals surface area contributed by atoms with Gasteiger partial charge in [0.25, 0.3) is 0 Å². The Bertz CT molecular complexity index is 326. The van der Waals surface area contributed by atoms with Gasteiger partial charge in [0.15, 0.2) is 0 Å². The molecule has 16 heavy (non-hydrogen) atoms. The third-order valence-electron chi connectivity index (χ3n) is 3.15. The average molecular weight is 221 g/mol. The van der Waals surface area contributed by atoms with Crippen molar-refractivity contribution in [3.63, 3.8) is 0 Å². The van der Waals surface area contributed by atoms with E-state index in [9.17, 15) is 5.11 Å². The molecule has 0 bridgehead atoms. The fourth-order valence-electron chi connectivity index (χ4n) is 2.05. The highest BCUT2D eigenvalue weighted by molar-refractivity contribution is 5.28. The van der Waals surface area contributed by atoms with Gasteiger partial charge in [0.05, 0.1) is 18.8 Å². The smallest absolute Gasteiger partial charge is 0.0905 e. The third-order valence-corrected chi connectivity index (χ3v) is 3.15. The predicted molar refractivity (Wildman–Crippen MR) is 63.4 cm³/mol. The molecular weight excluding hydrogens is 202 g/mol. The van der Waals surface area contributed by atoms with E-state index in [1.807, 2.05) is 0 Å². The van der Waals surface area contributed by atoms with Gasteiger partial charge in [-0.1, -0.05) is 29.8 Å². The van der Waals surface area contributed by atoms with Crippen LogP contribution in [0.3, 0.4) is 0 Å². The maximum absolute atomic E-state index is 9.65. The summed E-state index contributed by atoms with van der Waals surface area (Å²) in [6, 6.07) is 8.26. The largest absolute Gasteiger partial charge is 0.394 e. The van der Waals surface area contributed by atoms with Crippen molar-refractivity contribution in [1.29, 1.82) is 0 Å². The van der Waals surface area contributed by atoms with Crippen molar-refractivity contribution >= 4 is 0 Å². The van der Waals surface area contributed by atoms with Crippen LogP contribution in [0.25, 0.3) is 0 Å². The second-order valence-electron chi connectivity index (χ2n) is 4.44. The second-order valence-corrected chi connectivity index (χ2v) is 4.44. The molecule has 2 rings (SSSR count). The zero-order chi connectivity index (χ0) is 11.4. The van der Waals surface area contributed by atoms with Gasteiger partial charge >= 0.3 is 0 Å². The van der Waals surface area contributed by atoms with E-state index in [0.29, 0.717) is 6.61 Å². The van der Waals surface area contributed by atoms with Crippen molar-refractivity contribution in [1.82, 2.24) is 5.32 Å².